The Balaban J connectivity index is 1.81. The van der Waals surface area contributed by atoms with Crippen molar-refractivity contribution >= 4 is 11.3 Å². The fourth-order valence-corrected chi connectivity index (χ4v) is 2.55. The highest BCUT2D eigenvalue weighted by Gasteiger charge is 2.10. The SMILES string of the molecule is CCC(NCCc1cccnc1)c1nccs1. The van der Waals surface area contributed by atoms with E-state index in [0.29, 0.717) is 6.04 Å². The van der Waals surface area contributed by atoms with Crippen molar-refractivity contribution in [2.24, 2.45) is 0 Å². The number of rotatable bonds is 6. The quantitative estimate of drug-likeness (QED) is 0.853. The number of nitrogens with one attached hydrogen (secondary N) is 1. The summed E-state index contributed by atoms with van der Waals surface area (Å²) in [5, 5.41) is 6.75. The molecule has 1 atom stereocenters. The van der Waals surface area contributed by atoms with Crippen LogP contribution in [0.25, 0.3) is 0 Å². The van der Waals surface area contributed by atoms with Gasteiger partial charge >= 0.3 is 0 Å². The lowest BCUT2D eigenvalue weighted by atomic mass is 10.2. The van der Waals surface area contributed by atoms with E-state index in [1.54, 1.807) is 17.5 Å². The van der Waals surface area contributed by atoms with Gasteiger partial charge in [0.15, 0.2) is 0 Å². The number of pyridine rings is 1. The molecule has 90 valence electrons. The van der Waals surface area contributed by atoms with E-state index in [2.05, 4.69) is 28.3 Å². The van der Waals surface area contributed by atoms with Crippen LogP contribution in [0.5, 0.6) is 0 Å². The minimum Gasteiger partial charge on any atom is -0.308 e. The smallest absolute Gasteiger partial charge is 0.109 e. The van der Waals surface area contributed by atoms with E-state index in [9.17, 15) is 0 Å². The molecule has 2 aromatic heterocycles. The van der Waals surface area contributed by atoms with E-state index >= 15 is 0 Å². The van der Waals surface area contributed by atoms with Gasteiger partial charge in [-0.1, -0.05) is 13.0 Å². The van der Waals surface area contributed by atoms with Crippen molar-refractivity contribution in [1.82, 2.24) is 15.3 Å². The molecule has 0 radical (unpaired) electrons. The predicted octanol–water partition coefficient (Wildman–Crippen LogP) is 2.82. The number of hydrogen-bond donors (Lipinski definition) is 1. The lowest BCUT2D eigenvalue weighted by Gasteiger charge is -2.14. The minimum atomic E-state index is 0.381. The summed E-state index contributed by atoms with van der Waals surface area (Å²) in [6.45, 7) is 3.15. The maximum atomic E-state index is 4.36. The third kappa shape index (κ3) is 3.61. The Labute approximate surface area is 106 Å². The zero-order chi connectivity index (χ0) is 11.9. The van der Waals surface area contributed by atoms with E-state index in [4.69, 9.17) is 0 Å². The Kier molecular flexibility index (Phi) is 4.64. The van der Waals surface area contributed by atoms with Crippen molar-refractivity contribution in [3.8, 4) is 0 Å². The van der Waals surface area contributed by atoms with Crippen molar-refractivity contribution in [2.45, 2.75) is 25.8 Å². The molecule has 1 N–H and O–H groups in total. The van der Waals surface area contributed by atoms with Crippen molar-refractivity contribution in [1.29, 1.82) is 0 Å². The molecule has 0 aliphatic rings. The highest BCUT2D eigenvalue weighted by atomic mass is 32.1. The number of aromatic nitrogens is 2. The maximum Gasteiger partial charge on any atom is 0.109 e. The maximum absolute atomic E-state index is 4.36. The van der Waals surface area contributed by atoms with Crippen LogP contribution in [0, 0.1) is 0 Å². The van der Waals surface area contributed by atoms with E-state index in [0.717, 1.165) is 19.4 Å². The average Bonchev–Trinajstić information content (AvgIpc) is 2.90. The average molecular weight is 247 g/mol. The van der Waals surface area contributed by atoms with Gasteiger partial charge in [-0.25, -0.2) is 4.98 Å². The predicted molar refractivity (Wildman–Crippen MR) is 71.1 cm³/mol. The number of thiazole rings is 1. The molecule has 4 heteroatoms. The van der Waals surface area contributed by atoms with Crippen molar-refractivity contribution < 1.29 is 0 Å². The molecule has 2 rings (SSSR count). The van der Waals surface area contributed by atoms with Crippen LogP contribution < -0.4 is 5.32 Å². The summed E-state index contributed by atoms with van der Waals surface area (Å²) in [5.74, 6) is 0. The largest absolute Gasteiger partial charge is 0.308 e. The van der Waals surface area contributed by atoms with Crippen molar-refractivity contribution in [3.05, 3.63) is 46.7 Å². The summed E-state index contributed by atoms with van der Waals surface area (Å²) < 4.78 is 0. The molecule has 0 fully saturated rings. The zero-order valence-corrected chi connectivity index (χ0v) is 10.8. The molecule has 0 bridgehead atoms. The topological polar surface area (TPSA) is 37.8 Å². The van der Waals surface area contributed by atoms with Crippen LogP contribution in [0.3, 0.4) is 0 Å². The summed E-state index contributed by atoms with van der Waals surface area (Å²) in [5.41, 5.74) is 1.27. The molecule has 0 saturated carbocycles. The highest BCUT2D eigenvalue weighted by Crippen LogP contribution is 2.18. The second-order valence-corrected chi connectivity index (χ2v) is 4.82. The Morgan fingerprint density at radius 1 is 1.41 bits per heavy atom. The van der Waals surface area contributed by atoms with Crippen LogP contribution in [0.4, 0.5) is 0 Å². The molecule has 2 heterocycles. The van der Waals surface area contributed by atoms with Crippen molar-refractivity contribution in [3.63, 3.8) is 0 Å². The van der Waals surface area contributed by atoms with Crippen LogP contribution in [-0.2, 0) is 6.42 Å². The summed E-state index contributed by atoms with van der Waals surface area (Å²) >= 11 is 1.72. The molecule has 17 heavy (non-hydrogen) atoms. The fraction of sp³-hybridized carbons (Fsp3) is 0.385. The van der Waals surface area contributed by atoms with E-state index in [1.807, 2.05) is 23.8 Å². The van der Waals surface area contributed by atoms with E-state index in [-0.39, 0.29) is 0 Å². The lowest BCUT2D eigenvalue weighted by Crippen LogP contribution is -2.23. The molecule has 0 aromatic carbocycles. The Hall–Kier alpha value is -1.26. The first kappa shape index (κ1) is 12.2. The Bertz CT molecular complexity index is 413. The first-order valence-corrected chi connectivity index (χ1v) is 6.79. The van der Waals surface area contributed by atoms with Gasteiger partial charge < -0.3 is 5.32 Å². The molecular formula is C13H17N3S. The summed E-state index contributed by atoms with van der Waals surface area (Å²) in [4.78, 5) is 8.47. The van der Waals surface area contributed by atoms with E-state index in [1.165, 1.54) is 10.6 Å². The van der Waals surface area contributed by atoms with Gasteiger partial charge in [-0.05, 0) is 31.0 Å². The first-order valence-electron chi connectivity index (χ1n) is 5.92. The fourth-order valence-electron chi connectivity index (χ4n) is 1.75. The first-order chi connectivity index (χ1) is 8.40. The molecule has 0 amide bonds. The van der Waals surface area contributed by atoms with Gasteiger partial charge in [-0.2, -0.15) is 0 Å². The molecule has 2 aromatic rings. The third-order valence-electron chi connectivity index (χ3n) is 2.68. The minimum absolute atomic E-state index is 0.381. The number of nitrogens with zero attached hydrogens (tertiary/aromatic N) is 2. The van der Waals surface area contributed by atoms with Gasteiger partial charge in [-0.15, -0.1) is 11.3 Å². The van der Waals surface area contributed by atoms with Crippen LogP contribution in [-0.4, -0.2) is 16.5 Å². The molecule has 0 saturated heterocycles. The Morgan fingerprint density at radius 3 is 3.00 bits per heavy atom. The summed E-state index contributed by atoms with van der Waals surface area (Å²) in [6, 6.07) is 4.47. The highest BCUT2D eigenvalue weighted by molar-refractivity contribution is 7.09. The van der Waals surface area contributed by atoms with Gasteiger partial charge in [0.1, 0.15) is 5.01 Å². The van der Waals surface area contributed by atoms with Crippen LogP contribution in [0.15, 0.2) is 36.1 Å². The zero-order valence-electron chi connectivity index (χ0n) is 9.97. The normalized spacial score (nSPS) is 12.5. The molecule has 3 nitrogen and oxygen atoms in total. The molecule has 0 aliphatic carbocycles. The van der Waals surface area contributed by atoms with Gasteiger partial charge in [-0.3, -0.25) is 4.98 Å². The van der Waals surface area contributed by atoms with Gasteiger partial charge in [0.05, 0.1) is 6.04 Å². The van der Waals surface area contributed by atoms with Crippen molar-refractivity contribution in [2.75, 3.05) is 6.54 Å². The standard InChI is InChI=1S/C13H17N3S/c1-2-12(13-16-8-9-17-13)15-7-5-11-4-3-6-14-10-11/h3-4,6,8-10,12,15H,2,5,7H2,1H3. The van der Waals surface area contributed by atoms with Crippen LogP contribution in [0.1, 0.15) is 30.0 Å². The third-order valence-corrected chi connectivity index (χ3v) is 3.57. The van der Waals surface area contributed by atoms with E-state index < -0.39 is 0 Å². The molecule has 0 spiro atoms. The number of hydrogen-bond acceptors (Lipinski definition) is 4. The molecular weight excluding hydrogens is 230 g/mol. The van der Waals surface area contributed by atoms with Gasteiger partial charge in [0.25, 0.3) is 0 Å². The molecule has 0 aliphatic heterocycles. The van der Waals surface area contributed by atoms with Gasteiger partial charge in [0.2, 0.25) is 0 Å². The monoisotopic (exact) mass is 247 g/mol. The second-order valence-electron chi connectivity index (χ2n) is 3.90. The lowest BCUT2D eigenvalue weighted by molar-refractivity contribution is 0.520. The van der Waals surface area contributed by atoms with Crippen LogP contribution >= 0.6 is 11.3 Å². The summed E-state index contributed by atoms with van der Waals surface area (Å²) in [7, 11) is 0. The van der Waals surface area contributed by atoms with Crippen LogP contribution in [0.2, 0.25) is 0 Å². The Morgan fingerprint density at radius 2 is 2.35 bits per heavy atom. The summed E-state index contributed by atoms with van der Waals surface area (Å²) in [6.07, 6.45) is 7.68. The molecule has 1 unspecified atom stereocenters. The van der Waals surface area contributed by atoms with Gasteiger partial charge in [0, 0.05) is 24.0 Å². The second kappa shape index (κ2) is 6.47.